The maximum Gasteiger partial charge on any atom is 0.258 e. The van der Waals surface area contributed by atoms with E-state index in [4.69, 9.17) is 0 Å². The predicted molar refractivity (Wildman–Crippen MR) is 109 cm³/mol. The van der Waals surface area contributed by atoms with Gasteiger partial charge in [-0.15, -0.1) is 0 Å². The molecule has 1 atom stereocenters. The van der Waals surface area contributed by atoms with Crippen LogP contribution in [0, 0.1) is 0 Å². The summed E-state index contributed by atoms with van der Waals surface area (Å²) in [5.74, 6) is 0.853. The number of aromatic amines is 1. The lowest BCUT2D eigenvalue weighted by Crippen LogP contribution is -2.57. The SMILES string of the molecule is O=C(CCCc1nc2ccccc2c(=O)[nH]1)N1CCCC(N2CCNCC2=O)C1. The van der Waals surface area contributed by atoms with E-state index in [-0.39, 0.29) is 23.4 Å². The predicted octanol–water partition coefficient (Wildman–Crippen LogP) is 0.669. The Balaban J connectivity index is 1.31. The van der Waals surface area contributed by atoms with Crippen molar-refractivity contribution in [2.45, 2.75) is 38.1 Å². The summed E-state index contributed by atoms with van der Waals surface area (Å²) in [4.78, 5) is 48.1. The zero-order valence-corrected chi connectivity index (χ0v) is 16.5. The molecule has 4 rings (SSSR count). The number of carbonyl (C=O) groups excluding carboxylic acids is 2. The van der Waals surface area contributed by atoms with Gasteiger partial charge in [-0.2, -0.15) is 0 Å². The van der Waals surface area contributed by atoms with Gasteiger partial charge in [0.1, 0.15) is 5.82 Å². The fourth-order valence-corrected chi connectivity index (χ4v) is 4.26. The standard InChI is InChI=1S/C21H27N5O3/c27-19(25-11-4-5-15(14-25)26-12-10-22-13-20(26)28)9-3-8-18-23-17-7-2-1-6-16(17)21(29)24-18/h1-2,6-7,15,22H,3-5,8-14H2,(H,23,24,29). The van der Waals surface area contributed by atoms with Crippen molar-refractivity contribution in [3.8, 4) is 0 Å². The third-order valence-corrected chi connectivity index (χ3v) is 5.78. The molecule has 0 aliphatic carbocycles. The highest BCUT2D eigenvalue weighted by atomic mass is 16.2. The minimum absolute atomic E-state index is 0.111. The van der Waals surface area contributed by atoms with E-state index in [0.29, 0.717) is 55.6 Å². The van der Waals surface area contributed by atoms with Crippen LogP contribution >= 0.6 is 0 Å². The minimum Gasteiger partial charge on any atom is -0.341 e. The number of piperazine rings is 1. The summed E-state index contributed by atoms with van der Waals surface area (Å²) in [6.07, 6.45) is 3.48. The molecule has 2 N–H and O–H groups in total. The second-order valence-electron chi connectivity index (χ2n) is 7.78. The number of rotatable bonds is 5. The molecule has 2 aromatic rings. The summed E-state index contributed by atoms with van der Waals surface area (Å²) in [6, 6.07) is 7.38. The van der Waals surface area contributed by atoms with Crippen molar-refractivity contribution in [2.24, 2.45) is 0 Å². The largest absolute Gasteiger partial charge is 0.341 e. The molecule has 1 aromatic heterocycles. The molecule has 154 valence electrons. The van der Waals surface area contributed by atoms with Gasteiger partial charge >= 0.3 is 0 Å². The molecule has 1 unspecified atom stereocenters. The molecule has 2 saturated heterocycles. The normalized spacial score (nSPS) is 20.3. The number of amides is 2. The average molecular weight is 397 g/mol. The molecule has 2 aliphatic rings. The quantitative estimate of drug-likeness (QED) is 0.773. The van der Waals surface area contributed by atoms with Crippen LogP contribution in [-0.4, -0.2) is 70.3 Å². The third-order valence-electron chi connectivity index (χ3n) is 5.78. The number of aromatic nitrogens is 2. The third kappa shape index (κ3) is 4.48. The van der Waals surface area contributed by atoms with Crippen molar-refractivity contribution in [3.05, 3.63) is 40.4 Å². The first-order chi connectivity index (χ1) is 14.1. The van der Waals surface area contributed by atoms with Gasteiger partial charge < -0.3 is 20.1 Å². The summed E-state index contributed by atoms with van der Waals surface area (Å²) >= 11 is 0. The van der Waals surface area contributed by atoms with Gasteiger partial charge in [0.25, 0.3) is 5.56 Å². The second kappa shape index (κ2) is 8.73. The van der Waals surface area contributed by atoms with Crippen LogP contribution in [0.15, 0.2) is 29.1 Å². The number of fused-ring (bicyclic) bond motifs is 1. The number of hydrogen-bond donors (Lipinski definition) is 2. The molecule has 29 heavy (non-hydrogen) atoms. The average Bonchev–Trinajstić information content (AvgIpc) is 2.74. The zero-order chi connectivity index (χ0) is 20.2. The Bertz CT molecular complexity index is 957. The first kappa shape index (κ1) is 19.6. The molecule has 2 fully saturated rings. The fraction of sp³-hybridized carbons (Fsp3) is 0.524. The van der Waals surface area contributed by atoms with E-state index >= 15 is 0 Å². The maximum atomic E-state index is 12.7. The van der Waals surface area contributed by atoms with E-state index in [1.54, 1.807) is 6.07 Å². The lowest BCUT2D eigenvalue weighted by atomic mass is 10.0. The molecule has 2 aliphatic heterocycles. The van der Waals surface area contributed by atoms with E-state index in [2.05, 4.69) is 15.3 Å². The molecule has 1 aromatic carbocycles. The Morgan fingerprint density at radius 1 is 1.21 bits per heavy atom. The lowest BCUT2D eigenvalue weighted by molar-refractivity contribution is -0.140. The number of hydrogen-bond acceptors (Lipinski definition) is 5. The van der Waals surface area contributed by atoms with Gasteiger partial charge in [-0.05, 0) is 31.4 Å². The van der Waals surface area contributed by atoms with E-state index < -0.39 is 0 Å². The van der Waals surface area contributed by atoms with E-state index in [9.17, 15) is 14.4 Å². The monoisotopic (exact) mass is 397 g/mol. The van der Waals surface area contributed by atoms with Crippen molar-refractivity contribution in [3.63, 3.8) is 0 Å². The molecule has 0 saturated carbocycles. The Hall–Kier alpha value is -2.74. The maximum absolute atomic E-state index is 12.7. The van der Waals surface area contributed by atoms with Crippen LogP contribution in [0.2, 0.25) is 0 Å². The minimum atomic E-state index is -0.142. The van der Waals surface area contributed by atoms with Crippen LogP contribution in [0.5, 0.6) is 0 Å². The van der Waals surface area contributed by atoms with Crippen LogP contribution < -0.4 is 10.9 Å². The van der Waals surface area contributed by atoms with Crippen molar-refractivity contribution in [1.82, 2.24) is 25.1 Å². The smallest absolute Gasteiger partial charge is 0.258 e. The Morgan fingerprint density at radius 2 is 2.07 bits per heavy atom. The molecular weight excluding hydrogens is 370 g/mol. The molecule has 0 radical (unpaired) electrons. The summed E-state index contributed by atoms with van der Waals surface area (Å²) in [5, 5.41) is 3.67. The first-order valence-electron chi connectivity index (χ1n) is 10.4. The van der Waals surface area contributed by atoms with Crippen molar-refractivity contribution >= 4 is 22.7 Å². The van der Waals surface area contributed by atoms with Crippen molar-refractivity contribution in [1.29, 1.82) is 0 Å². The molecular formula is C21H27N5O3. The van der Waals surface area contributed by atoms with Crippen LogP contribution in [-0.2, 0) is 16.0 Å². The molecule has 2 amide bonds. The number of piperidine rings is 1. The van der Waals surface area contributed by atoms with E-state index in [1.807, 2.05) is 28.0 Å². The Labute approximate surface area is 169 Å². The van der Waals surface area contributed by atoms with Crippen molar-refractivity contribution in [2.75, 3.05) is 32.7 Å². The number of likely N-dealkylation sites (tertiary alicyclic amines) is 1. The Kier molecular flexibility index (Phi) is 5.89. The van der Waals surface area contributed by atoms with Gasteiger partial charge in [0.05, 0.1) is 17.4 Å². The summed E-state index contributed by atoms with van der Waals surface area (Å²) in [7, 11) is 0. The van der Waals surface area contributed by atoms with Crippen LogP contribution in [0.25, 0.3) is 10.9 Å². The fourth-order valence-electron chi connectivity index (χ4n) is 4.26. The van der Waals surface area contributed by atoms with Gasteiger partial charge in [0, 0.05) is 45.1 Å². The number of nitrogens with zero attached hydrogens (tertiary/aromatic N) is 3. The first-order valence-corrected chi connectivity index (χ1v) is 10.4. The molecule has 0 spiro atoms. The highest BCUT2D eigenvalue weighted by Gasteiger charge is 2.31. The highest BCUT2D eigenvalue weighted by molar-refractivity contribution is 5.80. The Morgan fingerprint density at radius 3 is 2.93 bits per heavy atom. The summed E-state index contributed by atoms with van der Waals surface area (Å²) in [6.45, 7) is 3.29. The lowest BCUT2D eigenvalue weighted by Gasteiger charge is -2.41. The second-order valence-corrected chi connectivity index (χ2v) is 7.78. The number of para-hydroxylation sites is 1. The zero-order valence-electron chi connectivity index (χ0n) is 16.5. The summed E-state index contributed by atoms with van der Waals surface area (Å²) in [5.41, 5.74) is 0.536. The number of aryl methyl sites for hydroxylation is 1. The van der Waals surface area contributed by atoms with Gasteiger partial charge in [-0.25, -0.2) is 4.98 Å². The van der Waals surface area contributed by atoms with E-state index in [1.165, 1.54) is 0 Å². The van der Waals surface area contributed by atoms with Crippen LogP contribution in [0.4, 0.5) is 0 Å². The van der Waals surface area contributed by atoms with E-state index in [0.717, 1.165) is 25.9 Å². The number of nitrogens with one attached hydrogen (secondary N) is 2. The number of benzene rings is 1. The van der Waals surface area contributed by atoms with Gasteiger partial charge in [0.2, 0.25) is 11.8 Å². The molecule has 3 heterocycles. The highest BCUT2D eigenvalue weighted by Crippen LogP contribution is 2.18. The molecule has 0 bridgehead atoms. The summed E-state index contributed by atoms with van der Waals surface area (Å²) < 4.78 is 0. The molecule has 8 heteroatoms. The molecule has 8 nitrogen and oxygen atoms in total. The van der Waals surface area contributed by atoms with Crippen LogP contribution in [0.3, 0.4) is 0 Å². The number of carbonyl (C=O) groups is 2. The van der Waals surface area contributed by atoms with Crippen LogP contribution in [0.1, 0.15) is 31.5 Å². The number of H-pyrrole nitrogens is 1. The van der Waals surface area contributed by atoms with Gasteiger partial charge in [0.15, 0.2) is 0 Å². The topological polar surface area (TPSA) is 98.4 Å². The van der Waals surface area contributed by atoms with Gasteiger partial charge in [-0.1, -0.05) is 12.1 Å². The van der Waals surface area contributed by atoms with Gasteiger partial charge in [-0.3, -0.25) is 14.4 Å². The van der Waals surface area contributed by atoms with Crippen molar-refractivity contribution < 1.29 is 9.59 Å².